The van der Waals surface area contributed by atoms with E-state index in [9.17, 15) is 9.59 Å². The van der Waals surface area contributed by atoms with Crippen molar-refractivity contribution in [1.29, 1.82) is 0 Å². The van der Waals surface area contributed by atoms with Gasteiger partial charge in [-0.3, -0.25) is 14.6 Å². The maximum atomic E-state index is 12.8. The molecule has 9 heteroatoms. The average molecular weight is 466 g/mol. The summed E-state index contributed by atoms with van der Waals surface area (Å²) in [5.41, 5.74) is 2.95. The van der Waals surface area contributed by atoms with Crippen molar-refractivity contribution < 1.29 is 4.79 Å². The van der Waals surface area contributed by atoms with Gasteiger partial charge >= 0.3 is 0 Å². The van der Waals surface area contributed by atoms with E-state index in [-0.39, 0.29) is 17.9 Å². The number of fused-ring (bicyclic) bond motifs is 1. The summed E-state index contributed by atoms with van der Waals surface area (Å²) in [6, 6.07) is 12.8. The Morgan fingerprint density at radius 1 is 1.19 bits per heavy atom. The van der Waals surface area contributed by atoms with Crippen LogP contribution in [0.5, 0.6) is 0 Å². The molecule has 5 rings (SSSR count). The van der Waals surface area contributed by atoms with Gasteiger partial charge in [-0.25, -0.2) is 4.98 Å². The number of carbonyl (C=O) groups is 1. The Balaban J connectivity index is 1.50. The number of hydrogen-bond donors (Lipinski definition) is 2. The zero-order valence-electron chi connectivity index (χ0n) is 17.1. The molecular weight excluding hydrogens is 446 g/mol. The Hall–Kier alpha value is -3.23. The first-order valence-corrected chi connectivity index (χ1v) is 11.6. The van der Waals surface area contributed by atoms with E-state index < -0.39 is 0 Å². The van der Waals surface area contributed by atoms with Gasteiger partial charge in [-0.15, -0.1) is 11.3 Å². The summed E-state index contributed by atoms with van der Waals surface area (Å²) in [6.07, 6.45) is 3.69. The van der Waals surface area contributed by atoms with E-state index in [1.807, 2.05) is 29.6 Å². The van der Waals surface area contributed by atoms with Gasteiger partial charge in [-0.05, 0) is 54.8 Å². The van der Waals surface area contributed by atoms with E-state index >= 15 is 0 Å². The van der Waals surface area contributed by atoms with Crippen LogP contribution < -0.4 is 10.9 Å². The lowest BCUT2D eigenvalue weighted by molar-refractivity contribution is -0.115. The average Bonchev–Trinajstić information content (AvgIpc) is 3.45. The number of anilines is 1. The largest absolute Gasteiger partial charge is 0.310 e. The molecule has 1 aromatic carbocycles. The van der Waals surface area contributed by atoms with Crippen molar-refractivity contribution in [1.82, 2.24) is 19.7 Å². The maximum Gasteiger partial charge on any atom is 0.255 e. The second-order valence-corrected chi connectivity index (χ2v) is 9.06. The van der Waals surface area contributed by atoms with Gasteiger partial charge in [0.05, 0.1) is 17.0 Å². The van der Waals surface area contributed by atoms with Crippen molar-refractivity contribution in [2.45, 2.75) is 32.1 Å². The number of hydrogen-bond acceptors (Lipinski definition) is 5. The number of rotatable bonds is 5. The number of halogens is 1. The molecule has 3 heterocycles. The summed E-state index contributed by atoms with van der Waals surface area (Å²) >= 11 is 7.48. The van der Waals surface area contributed by atoms with Crippen molar-refractivity contribution in [2.75, 3.05) is 5.32 Å². The van der Waals surface area contributed by atoms with Crippen LogP contribution in [0.2, 0.25) is 5.02 Å². The fourth-order valence-electron chi connectivity index (χ4n) is 3.84. The molecule has 3 aromatic heterocycles. The highest BCUT2D eigenvalue weighted by molar-refractivity contribution is 7.13. The molecule has 1 amide bonds. The van der Waals surface area contributed by atoms with Gasteiger partial charge in [0.1, 0.15) is 11.5 Å². The molecule has 2 N–H and O–H groups in total. The van der Waals surface area contributed by atoms with Crippen LogP contribution in [-0.2, 0) is 24.1 Å². The first-order chi connectivity index (χ1) is 15.6. The summed E-state index contributed by atoms with van der Waals surface area (Å²) in [7, 11) is 0. The maximum absolute atomic E-state index is 12.8. The van der Waals surface area contributed by atoms with Gasteiger partial charge in [-0.1, -0.05) is 29.8 Å². The van der Waals surface area contributed by atoms with E-state index in [0.29, 0.717) is 22.5 Å². The van der Waals surface area contributed by atoms with Gasteiger partial charge in [-0.2, -0.15) is 9.78 Å². The molecule has 0 spiro atoms. The minimum atomic E-state index is -0.202. The van der Waals surface area contributed by atoms with Crippen LogP contribution in [0.15, 0.2) is 52.6 Å². The van der Waals surface area contributed by atoms with E-state index in [0.717, 1.165) is 47.4 Å². The standard InChI is InChI=1S/C23H20ClN5O2S/c24-15-9-7-14(8-10-15)12-21(30)26-20-13-18(19-6-3-11-32-19)28-29(20)23-25-17-5-2-1-4-16(17)22(31)27-23/h3,6-11,13H,1-2,4-5,12H2,(H,26,30)(H,25,27,31). The van der Waals surface area contributed by atoms with Crippen LogP contribution in [-0.4, -0.2) is 25.7 Å². The van der Waals surface area contributed by atoms with E-state index in [1.165, 1.54) is 4.68 Å². The molecule has 162 valence electrons. The number of benzene rings is 1. The number of aromatic nitrogens is 4. The van der Waals surface area contributed by atoms with Gasteiger partial charge in [0, 0.05) is 16.7 Å². The first-order valence-electron chi connectivity index (χ1n) is 10.4. The lowest BCUT2D eigenvalue weighted by Gasteiger charge is -2.15. The third-order valence-corrected chi connectivity index (χ3v) is 6.55. The van der Waals surface area contributed by atoms with E-state index in [2.05, 4.69) is 20.4 Å². The summed E-state index contributed by atoms with van der Waals surface area (Å²) in [5.74, 6) is 0.554. The minimum Gasteiger partial charge on any atom is -0.310 e. The minimum absolute atomic E-state index is 0.142. The molecule has 4 aromatic rings. The highest BCUT2D eigenvalue weighted by Crippen LogP contribution is 2.28. The van der Waals surface area contributed by atoms with Gasteiger partial charge in [0.2, 0.25) is 11.9 Å². The van der Waals surface area contributed by atoms with E-state index in [1.54, 1.807) is 29.5 Å². The highest BCUT2D eigenvalue weighted by Gasteiger charge is 2.20. The molecule has 0 aliphatic heterocycles. The van der Waals surface area contributed by atoms with Crippen LogP contribution in [0.1, 0.15) is 29.7 Å². The lowest BCUT2D eigenvalue weighted by Crippen LogP contribution is -2.25. The van der Waals surface area contributed by atoms with Crippen molar-refractivity contribution >= 4 is 34.7 Å². The third-order valence-electron chi connectivity index (χ3n) is 5.41. The third kappa shape index (κ3) is 4.24. The Kier molecular flexibility index (Phi) is 5.63. The van der Waals surface area contributed by atoms with Crippen molar-refractivity contribution in [3.05, 3.63) is 80.0 Å². The molecule has 0 atom stereocenters. The Bertz CT molecular complexity index is 1330. The number of thiophene rings is 1. The smallest absolute Gasteiger partial charge is 0.255 e. The molecule has 1 aliphatic carbocycles. The van der Waals surface area contributed by atoms with Crippen LogP contribution in [0.3, 0.4) is 0 Å². The molecule has 0 fully saturated rings. The second kappa shape index (κ2) is 8.72. The Morgan fingerprint density at radius 3 is 2.78 bits per heavy atom. The summed E-state index contributed by atoms with van der Waals surface area (Å²) in [4.78, 5) is 33.9. The molecule has 0 unspecified atom stereocenters. The SMILES string of the molecule is O=C(Cc1ccc(Cl)cc1)Nc1cc(-c2cccs2)nn1-c1nc2c(c(=O)[nH]1)CCCC2. The zero-order chi connectivity index (χ0) is 22.1. The monoisotopic (exact) mass is 465 g/mol. The molecule has 0 saturated carbocycles. The van der Waals surface area contributed by atoms with Crippen LogP contribution >= 0.6 is 22.9 Å². The van der Waals surface area contributed by atoms with Gasteiger partial charge in [0.25, 0.3) is 5.56 Å². The predicted octanol–water partition coefficient (Wildman–Crippen LogP) is 4.40. The number of H-pyrrole nitrogens is 1. The van der Waals surface area contributed by atoms with Crippen molar-refractivity contribution in [3.8, 4) is 16.5 Å². The summed E-state index contributed by atoms with van der Waals surface area (Å²) in [5, 5.41) is 10.2. The van der Waals surface area contributed by atoms with Crippen LogP contribution in [0.4, 0.5) is 5.82 Å². The molecule has 7 nitrogen and oxygen atoms in total. The van der Waals surface area contributed by atoms with Crippen LogP contribution in [0.25, 0.3) is 16.5 Å². The topological polar surface area (TPSA) is 92.7 Å². The lowest BCUT2D eigenvalue weighted by atomic mass is 9.97. The van der Waals surface area contributed by atoms with Crippen molar-refractivity contribution in [2.24, 2.45) is 0 Å². The predicted molar refractivity (Wildman–Crippen MR) is 126 cm³/mol. The number of aryl methyl sites for hydroxylation is 1. The molecular formula is C23H20ClN5O2S. The normalized spacial score (nSPS) is 13.0. The Morgan fingerprint density at radius 2 is 2.00 bits per heavy atom. The molecule has 0 bridgehead atoms. The Labute approximate surface area is 193 Å². The fraction of sp³-hybridized carbons (Fsp3) is 0.217. The number of amides is 1. The van der Waals surface area contributed by atoms with E-state index in [4.69, 9.17) is 11.6 Å². The molecule has 1 aliphatic rings. The van der Waals surface area contributed by atoms with Crippen molar-refractivity contribution in [3.63, 3.8) is 0 Å². The number of nitrogens with one attached hydrogen (secondary N) is 2. The second-order valence-electron chi connectivity index (χ2n) is 7.68. The first kappa shape index (κ1) is 20.7. The number of carbonyl (C=O) groups excluding carboxylic acids is 1. The van der Waals surface area contributed by atoms with Crippen LogP contribution in [0, 0.1) is 0 Å². The fourth-order valence-corrected chi connectivity index (χ4v) is 4.65. The number of nitrogens with zero attached hydrogens (tertiary/aromatic N) is 3. The summed E-state index contributed by atoms with van der Waals surface area (Å²) in [6.45, 7) is 0. The van der Waals surface area contributed by atoms with Gasteiger partial charge < -0.3 is 5.32 Å². The highest BCUT2D eigenvalue weighted by atomic mass is 35.5. The molecule has 0 saturated heterocycles. The quantitative estimate of drug-likeness (QED) is 0.457. The number of aromatic amines is 1. The molecule has 0 radical (unpaired) electrons. The summed E-state index contributed by atoms with van der Waals surface area (Å²) < 4.78 is 1.51. The van der Waals surface area contributed by atoms with Gasteiger partial charge in [0.15, 0.2) is 0 Å². The zero-order valence-corrected chi connectivity index (χ0v) is 18.7. The molecule has 32 heavy (non-hydrogen) atoms.